The Morgan fingerprint density at radius 2 is 2.06 bits per heavy atom. The van der Waals surface area contributed by atoms with Crippen LogP contribution in [0.4, 0.5) is 0 Å². The lowest BCUT2D eigenvalue weighted by Gasteiger charge is -2.02. The Bertz CT molecular complexity index is 550. The van der Waals surface area contributed by atoms with Crippen LogP contribution in [0.5, 0.6) is 0 Å². The van der Waals surface area contributed by atoms with Gasteiger partial charge < -0.3 is 0 Å². The summed E-state index contributed by atoms with van der Waals surface area (Å²) < 4.78 is 1.62. The van der Waals surface area contributed by atoms with E-state index in [4.69, 9.17) is 11.6 Å². The lowest BCUT2D eigenvalue weighted by atomic mass is 10.2. The van der Waals surface area contributed by atoms with E-state index in [1.165, 1.54) is 0 Å². The first-order chi connectivity index (χ1) is 8.13. The van der Waals surface area contributed by atoms with Crippen LogP contribution >= 0.6 is 27.5 Å². The number of nitrogens with zero attached hydrogens (tertiary/aromatic N) is 3. The summed E-state index contributed by atoms with van der Waals surface area (Å²) in [4.78, 5) is 11.5. The molecular formula is C11H9BrClN3O. The van der Waals surface area contributed by atoms with Crippen molar-refractivity contribution >= 4 is 33.3 Å². The minimum absolute atomic E-state index is 0.0808. The van der Waals surface area contributed by atoms with Gasteiger partial charge in [-0.2, -0.15) is 0 Å². The van der Waals surface area contributed by atoms with Crippen LogP contribution in [-0.4, -0.2) is 26.1 Å². The fourth-order valence-corrected chi connectivity index (χ4v) is 1.87. The first kappa shape index (κ1) is 12.3. The van der Waals surface area contributed by atoms with E-state index in [1.807, 2.05) is 19.1 Å². The van der Waals surface area contributed by atoms with Crippen molar-refractivity contribution in [2.75, 3.05) is 5.33 Å². The van der Waals surface area contributed by atoms with Crippen molar-refractivity contribution in [1.29, 1.82) is 0 Å². The molecule has 1 aromatic carbocycles. The van der Waals surface area contributed by atoms with E-state index < -0.39 is 0 Å². The zero-order valence-electron chi connectivity index (χ0n) is 9.02. The number of hydrogen-bond donors (Lipinski definition) is 0. The molecule has 1 aromatic heterocycles. The largest absolute Gasteiger partial charge is 0.291 e. The molecule has 0 atom stereocenters. The van der Waals surface area contributed by atoms with E-state index in [0.717, 1.165) is 11.4 Å². The Hall–Kier alpha value is -1.20. The lowest BCUT2D eigenvalue weighted by Crippen LogP contribution is -2.04. The number of rotatable bonds is 3. The molecular weight excluding hydrogens is 305 g/mol. The second-order valence-corrected chi connectivity index (χ2v) is 4.47. The maximum atomic E-state index is 11.5. The average Bonchev–Trinajstić information content (AvgIpc) is 2.71. The number of Topliss-reactive ketones (excluding diaryl/α,β-unsaturated/α-hetero) is 1. The van der Waals surface area contributed by atoms with Gasteiger partial charge in [-0.3, -0.25) is 4.79 Å². The number of alkyl halides is 1. The van der Waals surface area contributed by atoms with Gasteiger partial charge in [0.25, 0.3) is 0 Å². The number of hydrogen-bond acceptors (Lipinski definition) is 3. The van der Waals surface area contributed by atoms with Crippen LogP contribution in [0.2, 0.25) is 5.02 Å². The molecule has 2 aromatic rings. The molecule has 1 heterocycles. The smallest absolute Gasteiger partial charge is 0.195 e. The summed E-state index contributed by atoms with van der Waals surface area (Å²) in [5.41, 5.74) is 1.93. The first-order valence-electron chi connectivity index (χ1n) is 4.91. The molecule has 2 rings (SSSR count). The van der Waals surface area contributed by atoms with E-state index in [-0.39, 0.29) is 11.1 Å². The number of carbonyl (C=O) groups is 1. The molecule has 0 unspecified atom stereocenters. The van der Waals surface area contributed by atoms with Crippen LogP contribution in [-0.2, 0) is 0 Å². The molecule has 0 spiro atoms. The second kappa shape index (κ2) is 4.98. The van der Waals surface area contributed by atoms with Gasteiger partial charge >= 0.3 is 0 Å². The fraction of sp³-hybridized carbons (Fsp3) is 0.182. The van der Waals surface area contributed by atoms with Crippen molar-refractivity contribution in [1.82, 2.24) is 15.0 Å². The summed E-state index contributed by atoms with van der Waals surface area (Å²) in [6.07, 6.45) is 0. The molecule has 0 saturated carbocycles. The van der Waals surface area contributed by atoms with Crippen molar-refractivity contribution in [3.8, 4) is 5.69 Å². The zero-order valence-corrected chi connectivity index (χ0v) is 11.4. The third kappa shape index (κ3) is 2.40. The van der Waals surface area contributed by atoms with Gasteiger partial charge in [0.1, 0.15) is 0 Å². The fourth-order valence-electron chi connectivity index (χ4n) is 1.48. The third-order valence-electron chi connectivity index (χ3n) is 2.35. The van der Waals surface area contributed by atoms with Crippen LogP contribution in [0, 0.1) is 6.92 Å². The van der Waals surface area contributed by atoms with E-state index in [1.54, 1.807) is 16.8 Å². The molecule has 4 nitrogen and oxygen atoms in total. The lowest BCUT2D eigenvalue weighted by molar-refractivity contribution is 0.101. The molecule has 0 N–H and O–H groups in total. The van der Waals surface area contributed by atoms with Crippen LogP contribution in [0.15, 0.2) is 24.3 Å². The van der Waals surface area contributed by atoms with Gasteiger partial charge in [0.2, 0.25) is 0 Å². The Kier molecular flexibility index (Phi) is 3.59. The van der Waals surface area contributed by atoms with Gasteiger partial charge in [-0.05, 0) is 31.2 Å². The number of benzene rings is 1. The topological polar surface area (TPSA) is 47.8 Å². The third-order valence-corrected chi connectivity index (χ3v) is 3.11. The Morgan fingerprint density at radius 3 is 2.65 bits per heavy atom. The van der Waals surface area contributed by atoms with Crippen LogP contribution in [0.3, 0.4) is 0 Å². The van der Waals surface area contributed by atoms with E-state index in [2.05, 4.69) is 26.2 Å². The molecule has 0 fully saturated rings. The maximum Gasteiger partial charge on any atom is 0.195 e. The van der Waals surface area contributed by atoms with Gasteiger partial charge in [-0.1, -0.05) is 32.7 Å². The molecule has 0 radical (unpaired) electrons. The van der Waals surface area contributed by atoms with Gasteiger partial charge in [0.15, 0.2) is 11.5 Å². The summed E-state index contributed by atoms with van der Waals surface area (Å²) in [6.45, 7) is 1.81. The van der Waals surface area contributed by atoms with Crippen LogP contribution < -0.4 is 0 Å². The molecule has 0 aliphatic carbocycles. The molecule has 17 heavy (non-hydrogen) atoms. The van der Waals surface area contributed by atoms with Gasteiger partial charge in [0.05, 0.1) is 16.7 Å². The van der Waals surface area contributed by atoms with E-state index >= 15 is 0 Å². The van der Waals surface area contributed by atoms with Gasteiger partial charge in [-0.15, -0.1) is 5.10 Å². The monoisotopic (exact) mass is 313 g/mol. The Morgan fingerprint density at radius 1 is 1.41 bits per heavy atom. The highest BCUT2D eigenvalue weighted by Crippen LogP contribution is 2.16. The minimum Gasteiger partial charge on any atom is -0.291 e. The number of carbonyl (C=O) groups excluding carboxylic acids is 1. The van der Waals surface area contributed by atoms with Gasteiger partial charge in [0, 0.05) is 5.02 Å². The predicted molar refractivity (Wildman–Crippen MR) is 69.2 cm³/mol. The van der Waals surface area contributed by atoms with Crippen molar-refractivity contribution in [3.05, 3.63) is 40.7 Å². The summed E-state index contributed by atoms with van der Waals surface area (Å²) >= 11 is 8.93. The van der Waals surface area contributed by atoms with E-state index in [0.29, 0.717) is 10.7 Å². The minimum atomic E-state index is -0.0808. The highest BCUT2D eigenvalue weighted by atomic mass is 79.9. The summed E-state index contributed by atoms with van der Waals surface area (Å²) in [7, 11) is 0. The molecule has 0 aliphatic heterocycles. The van der Waals surface area contributed by atoms with Crippen LogP contribution in [0.1, 0.15) is 16.2 Å². The number of ketones is 1. The SMILES string of the molecule is Cc1c(C(=O)CBr)nnn1-c1ccc(Cl)cc1. The van der Waals surface area contributed by atoms with Crippen molar-refractivity contribution in [2.24, 2.45) is 0 Å². The van der Waals surface area contributed by atoms with Crippen LogP contribution in [0.25, 0.3) is 5.69 Å². The van der Waals surface area contributed by atoms with Crippen molar-refractivity contribution in [2.45, 2.75) is 6.92 Å². The van der Waals surface area contributed by atoms with Gasteiger partial charge in [-0.25, -0.2) is 4.68 Å². The zero-order chi connectivity index (χ0) is 12.4. The predicted octanol–water partition coefficient (Wildman–Crippen LogP) is 2.81. The molecule has 0 bridgehead atoms. The summed E-state index contributed by atoms with van der Waals surface area (Å²) in [5.74, 6) is -0.0808. The standard InChI is InChI=1S/C11H9BrClN3O/c1-7-11(10(17)6-12)14-15-16(7)9-4-2-8(13)3-5-9/h2-5H,6H2,1H3. The molecule has 6 heteroatoms. The first-order valence-corrected chi connectivity index (χ1v) is 6.41. The Balaban J connectivity index is 2.44. The summed E-state index contributed by atoms with van der Waals surface area (Å²) in [6, 6.07) is 7.19. The van der Waals surface area contributed by atoms with Crippen molar-refractivity contribution in [3.63, 3.8) is 0 Å². The Labute approximate surface area is 112 Å². The normalized spacial score (nSPS) is 10.5. The quantitative estimate of drug-likeness (QED) is 0.646. The number of aromatic nitrogens is 3. The number of halogens is 2. The molecule has 0 amide bonds. The highest BCUT2D eigenvalue weighted by Gasteiger charge is 2.15. The summed E-state index contributed by atoms with van der Waals surface area (Å²) in [5, 5.41) is 8.75. The second-order valence-electron chi connectivity index (χ2n) is 3.47. The molecule has 0 saturated heterocycles. The average molecular weight is 315 g/mol. The molecule has 88 valence electrons. The highest BCUT2D eigenvalue weighted by molar-refractivity contribution is 9.09. The maximum absolute atomic E-state index is 11.5. The van der Waals surface area contributed by atoms with Crippen molar-refractivity contribution < 1.29 is 4.79 Å². The van der Waals surface area contributed by atoms with E-state index in [9.17, 15) is 4.79 Å². The molecule has 0 aliphatic rings.